The predicted molar refractivity (Wildman–Crippen MR) is 259 cm³/mol. The van der Waals surface area contributed by atoms with E-state index in [0.29, 0.717) is 17.5 Å². The fraction of sp³-hybridized carbons (Fsp3) is 0. The summed E-state index contributed by atoms with van der Waals surface area (Å²) in [7, 11) is 0. The summed E-state index contributed by atoms with van der Waals surface area (Å²) < 4.78 is 7.27. The van der Waals surface area contributed by atoms with Crippen LogP contribution < -0.4 is 0 Å². The maximum Gasteiger partial charge on any atom is 0.164 e. The molecule has 0 aliphatic heterocycles. The van der Waals surface area contributed by atoms with Crippen LogP contribution in [-0.4, -0.2) is 28.7 Å². The summed E-state index contributed by atoms with van der Waals surface area (Å²) in [4.78, 5) is 15.1. The first-order valence-electron chi connectivity index (χ1n) is 21.3. The molecule has 294 valence electrons. The molecule has 0 bridgehead atoms. The van der Waals surface area contributed by atoms with Crippen molar-refractivity contribution in [2.45, 2.75) is 0 Å². The summed E-state index contributed by atoms with van der Waals surface area (Å²) in [6.07, 6.45) is 0. The molecule has 0 saturated carbocycles. The van der Waals surface area contributed by atoms with Crippen LogP contribution in [0.5, 0.6) is 0 Å². The van der Waals surface area contributed by atoms with E-state index in [1.54, 1.807) is 0 Å². The topological polar surface area (TPSA) is 53.5 Å². The van der Waals surface area contributed by atoms with Gasteiger partial charge in [-0.25, -0.2) is 15.0 Å². The first-order valence-corrected chi connectivity index (χ1v) is 21.3. The summed E-state index contributed by atoms with van der Waals surface area (Å²) in [5.41, 5.74) is 13.1. The van der Waals surface area contributed by atoms with Gasteiger partial charge in [-0.3, -0.25) is 0 Å². The van der Waals surface area contributed by atoms with Gasteiger partial charge in [0, 0.05) is 66.1 Å². The molecule has 0 N–H and O–H groups in total. The maximum absolute atomic E-state index is 5.08. The van der Waals surface area contributed by atoms with Crippen LogP contribution in [0.25, 0.3) is 117 Å². The van der Waals surface area contributed by atoms with Crippen molar-refractivity contribution < 1.29 is 0 Å². The van der Waals surface area contributed by atoms with Crippen molar-refractivity contribution in [1.29, 1.82) is 0 Å². The van der Waals surface area contributed by atoms with Gasteiger partial charge in [0.25, 0.3) is 0 Å². The predicted octanol–water partition coefficient (Wildman–Crippen LogP) is 14.2. The molecule has 13 rings (SSSR count). The molecule has 0 saturated heterocycles. The van der Waals surface area contributed by atoms with Gasteiger partial charge in [-0.05, 0) is 72.8 Å². The SMILES string of the molecule is c1ccc(-c2nc(-c3ccccc3)nc(-c3ccc4c(c3)c3ccc(-n5c6ccccc6c6c5ccc5c7ccccc7n(-c7ccccc7)c56)cc3n4-c3ccccc3)n2)cc1. The van der Waals surface area contributed by atoms with Crippen LogP contribution in [0, 0.1) is 0 Å². The quantitative estimate of drug-likeness (QED) is 0.168. The van der Waals surface area contributed by atoms with Crippen LogP contribution in [0.2, 0.25) is 0 Å². The van der Waals surface area contributed by atoms with Gasteiger partial charge in [-0.2, -0.15) is 0 Å². The van der Waals surface area contributed by atoms with Crippen LogP contribution in [0.4, 0.5) is 0 Å². The van der Waals surface area contributed by atoms with E-state index in [9.17, 15) is 0 Å². The lowest BCUT2D eigenvalue weighted by atomic mass is 10.1. The zero-order valence-corrected chi connectivity index (χ0v) is 34.0. The van der Waals surface area contributed by atoms with Crippen molar-refractivity contribution in [2.24, 2.45) is 0 Å². The zero-order valence-electron chi connectivity index (χ0n) is 34.0. The summed E-state index contributed by atoms with van der Waals surface area (Å²) in [5, 5.41) is 7.20. The lowest BCUT2D eigenvalue weighted by Gasteiger charge is -2.12. The fourth-order valence-corrected chi connectivity index (χ4v) is 9.71. The molecule has 0 spiro atoms. The molecule has 4 heterocycles. The van der Waals surface area contributed by atoms with Gasteiger partial charge in [0.2, 0.25) is 0 Å². The van der Waals surface area contributed by atoms with Crippen LogP contribution in [0.3, 0.4) is 0 Å². The third-order valence-corrected chi connectivity index (χ3v) is 12.5. The van der Waals surface area contributed by atoms with Crippen molar-refractivity contribution in [3.63, 3.8) is 0 Å². The normalized spacial score (nSPS) is 11.8. The largest absolute Gasteiger partial charge is 0.309 e. The second-order valence-electron chi connectivity index (χ2n) is 16.0. The molecule has 0 radical (unpaired) electrons. The number of fused-ring (bicyclic) bond motifs is 10. The van der Waals surface area contributed by atoms with E-state index >= 15 is 0 Å². The van der Waals surface area contributed by atoms with E-state index in [2.05, 4.69) is 171 Å². The summed E-state index contributed by atoms with van der Waals surface area (Å²) in [6.45, 7) is 0. The van der Waals surface area contributed by atoms with Gasteiger partial charge < -0.3 is 13.7 Å². The number of aromatic nitrogens is 6. The highest BCUT2D eigenvalue weighted by molar-refractivity contribution is 6.26. The second-order valence-corrected chi connectivity index (χ2v) is 16.0. The average molecular weight is 805 g/mol. The van der Waals surface area contributed by atoms with E-state index in [-0.39, 0.29) is 0 Å². The molecule has 9 aromatic carbocycles. The first-order chi connectivity index (χ1) is 31.3. The van der Waals surface area contributed by atoms with Crippen molar-refractivity contribution >= 4 is 65.4 Å². The molecule has 0 aliphatic rings. The van der Waals surface area contributed by atoms with Crippen molar-refractivity contribution in [1.82, 2.24) is 28.7 Å². The van der Waals surface area contributed by atoms with Gasteiger partial charge in [-0.15, -0.1) is 0 Å². The van der Waals surface area contributed by atoms with Crippen LogP contribution >= 0.6 is 0 Å². The van der Waals surface area contributed by atoms with Gasteiger partial charge in [-0.1, -0.05) is 146 Å². The summed E-state index contributed by atoms with van der Waals surface area (Å²) in [6, 6.07) is 77.4. The van der Waals surface area contributed by atoms with Gasteiger partial charge >= 0.3 is 0 Å². The van der Waals surface area contributed by atoms with E-state index in [4.69, 9.17) is 15.0 Å². The van der Waals surface area contributed by atoms with Crippen molar-refractivity contribution in [3.8, 4) is 51.2 Å². The Labute approximate surface area is 362 Å². The number of para-hydroxylation sites is 4. The van der Waals surface area contributed by atoms with E-state index in [1.807, 2.05) is 60.7 Å². The van der Waals surface area contributed by atoms with Crippen LogP contribution in [0.15, 0.2) is 218 Å². The Morgan fingerprint density at radius 2 is 0.714 bits per heavy atom. The minimum atomic E-state index is 0.631. The van der Waals surface area contributed by atoms with Gasteiger partial charge in [0.15, 0.2) is 17.5 Å². The number of hydrogen-bond donors (Lipinski definition) is 0. The molecule has 6 heteroatoms. The van der Waals surface area contributed by atoms with Gasteiger partial charge in [0.05, 0.1) is 33.1 Å². The number of nitrogens with zero attached hydrogens (tertiary/aromatic N) is 6. The van der Waals surface area contributed by atoms with E-state index in [0.717, 1.165) is 66.6 Å². The van der Waals surface area contributed by atoms with Crippen molar-refractivity contribution in [2.75, 3.05) is 0 Å². The molecular weight excluding hydrogens is 769 g/mol. The molecule has 13 aromatic rings. The Kier molecular flexibility index (Phi) is 7.80. The molecule has 63 heavy (non-hydrogen) atoms. The summed E-state index contributed by atoms with van der Waals surface area (Å²) in [5.74, 6) is 1.92. The molecule has 0 atom stereocenters. The maximum atomic E-state index is 5.08. The monoisotopic (exact) mass is 804 g/mol. The van der Waals surface area contributed by atoms with Gasteiger partial charge in [0.1, 0.15) is 0 Å². The molecule has 6 nitrogen and oxygen atoms in total. The third-order valence-electron chi connectivity index (χ3n) is 12.5. The molecule has 0 aliphatic carbocycles. The smallest absolute Gasteiger partial charge is 0.164 e. The van der Waals surface area contributed by atoms with Crippen LogP contribution in [-0.2, 0) is 0 Å². The Balaban J connectivity index is 1.06. The summed E-state index contributed by atoms with van der Waals surface area (Å²) >= 11 is 0. The fourth-order valence-electron chi connectivity index (χ4n) is 9.71. The minimum Gasteiger partial charge on any atom is -0.309 e. The first kappa shape index (κ1) is 35.2. The molecule has 0 amide bonds. The minimum absolute atomic E-state index is 0.631. The highest BCUT2D eigenvalue weighted by Crippen LogP contribution is 2.43. The number of hydrogen-bond acceptors (Lipinski definition) is 3. The Morgan fingerprint density at radius 1 is 0.254 bits per heavy atom. The number of benzene rings is 9. The van der Waals surface area contributed by atoms with E-state index in [1.165, 1.54) is 32.6 Å². The van der Waals surface area contributed by atoms with Crippen molar-refractivity contribution in [3.05, 3.63) is 218 Å². The molecule has 0 unspecified atom stereocenters. The Hall–Kier alpha value is -8.61. The standard InChI is InChI=1S/C57H36N6/c1-5-17-37(18-6-1)55-58-56(38-19-7-2-8-20-38)60-57(59-55)39-29-33-50-47(35-39)44-31-30-42(36-52(44)61(50)40-21-9-3-10-22-40)62-49-28-16-14-26-46(49)53-51(62)34-32-45-43-25-13-15-27-48(43)63(54(45)53)41-23-11-4-12-24-41/h1-36H. The Morgan fingerprint density at radius 3 is 1.37 bits per heavy atom. The zero-order chi connectivity index (χ0) is 41.4. The van der Waals surface area contributed by atoms with Crippen LogP contribution in [0.1, 0.15) is 0 Å². The number of rotatable bonds is 6. The van der Waals surface area contributed by atoms with E-state index < -0.39 is 0 Å². The average Bonchev–Trinajstić information content (AvgIpc) is 4.00. The highest BCUT2D eigenvalue weighted by atomic mass is 15.0. The Bertz CT molecular complexity index is 3830. The third kappa shape index (κ3) is 5.48. The highest BCUT2D eigenvalue weighted by Gasteiger charge is 2.22. The lowest BCUT2D eigenvalue weighted by Crippen LogP contribution is -2.00. The lowest BCUT2D eigenvalue weighted by molar-refractivity contribution is 1.07. The second kappa shape index (κ2) is 14.0. The molecular formula is C57H36N6. The molecule has 0 fully saturated rings. The molecule has 4 aromatic heterocycles.